The normalized spacial score (nSPS) is 11.8. The number of aromatic nitrogens is 2. The van der Waals surface area contributed by atoms with Crippen LogP contribution in [-0.4, -0.2) is 9.78 Å². The molecule has 2 rings (SSSR count). The van der Waals surface area contributed by atoms with Crippen LogP contribution in [0.1, 0.15) is 11.1 Å². The summed E-state index contributed by atoms with van der Waals surface area (Å²) in [7, 11) is 0. The second kappa shape index (κ2) is 4.72. The van der Waals surface area contributed by atoms with E-state index in [1.165, 1.54) is 16.8 Å². The highest BCUT2D eigenvalue weighted by molar-refractivity contribution is 14.1. The molecular weight excluding hydrogens is 337 g/mol. The topological polar surface area (TPSA) is 17.8 Å². The van der Waals surface area contributed by atoms with E-state index in [-0.39, 0.29) is 5.56 Å². The third-order valence-electron chi connectivity index (χ3n) is 2.44. The van der Waals surface area contributed by atoms with E-state index in [4.69, 9.17) is 0 Å². The summed E-state index contributed by atoms with van der Waals surface area (Å²) in [5, 5.41) is 4.04. The van der Waals surface area contributed by atoms with Crippen molar-refractivity contribution in [3.8, 4) is 0 Å². The Morgan fingerprint density at radius 2 is 1.94 bits per heavy atom. The number of rotatable bonds is 3. The number of hydrogen-bond donors (Lipinski definition) is 0. The molecule has 0 fully saturated rings. The highest BCUT2D eigenvalue weighted by Crippen LogP contribution is 2.29. The molecule has 17 heavy (non-hydrogen) atoms. The summed E-state index contributed by atoms with van der Waals surface area (Å²) in [6.45, 7) is 1.42. The molecule has 0 N–H and O–H groups in total. The molecule has 0 aliphatic heterocycles. The fraction of sp³-hybridized carbons (Fsp3) is 0.250. The number of halogens is 3. The number of nitrogens with zero attached hydrogens (tertiary/aromatic N) is 2. The Labute approximate surface area is 112 Å². The molecule has 0 unspecified atom stereocenters. The number of hydrogen-bond acceptors (Lipinski definition) is 1. The molecule has 0 aliphatic carbocycles. The van der Waals surface area contributed by atoms with Crippen LogP contribution in [0, 0.1) is 10.6 Å². The van der Waals surface area contributed by atoms with Gasteiger partial charge in [0.1, 0.15) is 10.2 Å². The van der Waals surface area contributed by atoms with Crippen molar-refractivity contribution in [2.24, 2.45) is 0 Å². The first kappa shape index (κ1) is 12.5. The molecule has 0 atom stereocenters. The lowest BCUT2D eigenvalue weighted by molar-refractivity contribution is -0.0254. The van der Waals surface area contributed by atoms with Gasteiger partial charge >= 0.3 is 0 Å². The van der Waals surface area contributed by atoms with Crippen molar-refractivity contribution in [1.82, 2.24) is 9.78 Å². The van der Waals surface area contributed by atoms with E-state index in [1.54, 1.807) is 24.4 Å². The molecular formula is C12H11F2IN2. The lowest BCUT2D eigenvalue weighted by Crippen LogP contribution is -2.21. The van der Waals surface area contributed by atoms with Crippen LogP contribution in [0.3, 0.4) is 0 Å². The van der Waals surface area contributed by atoms with Gasteiger partial charge in [0.15, 0.2) is 0 Å². The maximum absolute atomic E-state index is 13.9. The summed E-state index contributed by atoms with van der Waals surface area (Å²) < 4.78 is 29.9. The minimum atomic E-state index is -2.90. The first-order valence-corrected chi connectivity index (χ1v) is 6.20. The van der Waals surface area contributed by atoms with Crippen LogP contribution in [0.2, 0.25) is 0 Å². The van der Waals surface area contributed by atoms with Gasteiger partial charge < -0.3 is 0 Å². The second-order valence-electron chi connectivity index (χ2n) is 3.87. The van der Waals surface area contributed by atoms with E-state index in [9.17, 15) is 8.78 Å². The standard InChI is InChI=1S/C12H11F2IN2/c1-9-7-17(16-11(9)15)8-12(13,14)10-5-3-2-4-6-10/h2-7H,8H2,1H3. The Morgan fingerprint density at radius 1 is 1.29 bits per heavy atom. The van der Waals surface area contributed by atoms with Gasteiger partial charge in [-0.1, -0.05) is 30.3 Å². The van der Waals surface area contributed by atoms with E-state index < -0.39 is 12.5 Å². The Hall–Kier alpha value is -0.980. The van der Waals surface area contributed by atoms with E-state index in [2.05, 4.69) is 5.10 Å². The van der Waals surface area contributed by atoms with Crippen molar-refractivity contribution in [3.63, 3.8) is 0 Å². The van der Waals surface area contributed by atoms with Crippen LogP contribution in [0.4, 0.5) is 8.78 Å². The smallest absolute Gasteiger partial charge is 0.265 e. The van der Waals surface area contributed by atoms with Crippen molar-refractivity contribution >= 4 is 22.6 Å². The van der Waals surface area contributed by atoms with Gasteiger partial charge in [0.05, 0.1) is 0 Å². The van der Waals surface area contributed by atoms with Gasteiger partial charge in [0, 0.05) is 17.3 Å². The molecule has 2 nitrogen and oxygen atoms in total. The maximum atomic E-state index is 13.9. The van der Waals surface area contributed by atoms with E-state index in [0.717, 1.165) is 9.26 Å². The zero-order valence-corrected chi connectivity index (χ0v) is 11.4. The average molecular weight is 348 g/mol. The highest BCUT2D eigenvalue weighted by atomic mass is 127. The monoisotopic (exact) mass is 348 g/mol. The fourth-order valence-corrected chi connectivity index (χ4v) is 1.97. The van der Waals surface area contributed by atoms with Gasteiger partial charge in [-0.25, -0.2) is 0 Å². The second-order valence-corrected chi connectivity index (χ2v) is 4.89. The molecule has 2 aromatic rings. The van der Waals surface area contributed by atoms with Crippen molar-refractivity contribution in [3.05, 3.63) is 51.4 Å². The van der Waals surface area contributed by atoms with Gasteiger partial charge in [-0.05, 0) is 29.5 Å². The van der Waals surface area contributed by atoms with Crippen LogP contribution in [-0.2, 0) is 12.5 Å². The minimum absolute atomic E-state index is 0.0168. The van der Waals surface area contributed by atoms with Gasteiger partial charge in [0.25, 0.3) is 5.92 Å². The summed E-state index contributed by atoms with van der Waals surface area (Å²) in [6, 6.07) is 7.81. The van der Waals surface area contributed by atoms with Crippen LogP contribution in [0.15, 0.2) is 36.5 Å². The number of benzene rings is 1. The van der Waals surface area contributed by atoms with E-state index >= 15 is 0 Å². The maximum Gasteiger partial charge on any atom is 0.292 e. The molecule has 0 spiro atoms. The number of alkyl halides is 2. The van der Waals surface area contributed by atoms with Crippen molar-refractivity contribution in [2.75, 3.05) is 0 Å². The fourth-order valence-electron chi connectivity index (χ4n) is 1.56. The lowest BCUT2D eigenvalue weighted by atomic mass is 10.1. The SMILES string of the molecule is Cc1cn(CC(F)(F)c2ccccc2)nc1I. The molecule has 1 aromatic carbocycles. The largest absolute Gasteiger partial charge is 0.292 e. The molecule has 0 aliphatic rings. The molecule has 90 valence electrons. The van der Waals surface area contributed by atoms with Crippen LogP contribution >= 0.6 is 22.6 Å². The summed E-state index contributed by atoms with van der Waals surface area (Å²) in [6.07, 6.45) is 1.64. The Kier molecular flexibility index (Phi) is 3.46. The zero-order chi connectivity index (χ0) is 12.5. The highest BCUT2D eigenvalue weighted by Gasteiger charge is 2.32. The van der Waals surface area contributed by atoms with Gasteiger partial charge in [0.2, 0.25) is 0 Å². The molecule has 0 radical (unpaired) electrons. The van der Waals surface area contributed by atoms with Crippen molar-refractivity contribution < 1.29 is 8.78 Å². The van der Waals surface area contributed by atoms with Crippen LogP contribution < -0.4 is 0 Å². The summed E-state index contributed by atoms with van der Waals surface area (Å²) >= 11 is 2.03. The predicted molar refractivity (Wildman–Crippen MR) is 70.0 cm³/mol. The van der Waals surface area contributed by atoms with Crippen molar-refractivity contribution in [1.29, 1.82) is 0 Å². The lowest BCUT2D eigenvalue weighted by Gasteiger charge is -2.16. The molecule has 0 saturated heterocycles. The van der Waals surface area contributed by atoms with Crippen LogP contribution in [0.25, 0.3) is 0 Å². The molecule has 0 amide bonds. The van der Waals surface area contributed by atoms with Gasteiger partial charge in [-0.2, -0.15) is 13.9 Å². The third kappa shape index (κ3) is 2.83. The molecule has 5 heteroatoms. The molecule has 0 saturated carbocycles. The summed E-state index contributed by atoms with van der Waals surface area (Å²) in [4.78, 5) is 0. The molecule has 1 heterocycles. The van der Waals surface area contributed by atoms with Gasteiger partial charge in [-0.3, -0.25) is 4.68 Å². The minimum Gasteiger partial charge on any atom is -0.265 e. The Morgan fingerprint density at radius 3 is 2.47 bits per heavy atom. The average Bonchev–Trinajstić information content (AvgIpc) is 2.58. The first-order valence-electron chi connectivity index (χ1n) is 5.12. The quantitative estimate of drug-likeness (QED) is 0.776. The molecule has 1 aromatic heterocycles. The Balaban J connectivity index is 2.23. The first-order chi connectivity index (χ1) is 7.99. The molecule has 0 bridgehead atoms. The van der Waals surface area contributed by atoms with E-state index in [0.29, 0.717) is 0 Å². The summed E-state index contributed by atoms with van der Waals surface area (Å²) in [5.74, 6) is -2.90. The number of aryl methyl sites for hydroxylation is 1. The van der Waals surface area contributed by atoms with Gasteiger partial charge in [-0.15, -0.1) is 0 Å². The van der Waals surface area contributed by atoms with E-state index in [1.807, 2.05) is 29.5 Å². The Bertz CT molecular complexity index is 489. The summed E-state index contributed by atoms with van der Waals surface area (Å²) in [5.41, 5.74) is 0.928. The van der Waals surface area contributed by atoms with Crippen molar-refractivity contribution in [2.45, 2.75) is 19.4 Å². The third-order valence-corrected chi connectivity index (χ3v) is 3.51. The zero-order valence-electron chi connectivity index (χ0n) is 9.20. The predicted octanol–water partition coefficient (Wildman–Crippen LogP) is 3.59. The van der Waals surface area contributed by atoms with Crippen LogP contribution in [0.5, 0.6) is 0 Å².